The number of aryl methyl sites for hydroxylation is 1. The summed E-state index contributed by atoms with van der Waals surface area (Å²) in [4.78, 5) is 11.1. The molecule has 132 valence electrons. The molecule has 0 aliphatic heterocycles. The third kappa shape index (κ3) is 3.39. The Morgan fingerprint density at radius 1 is 1.29 bits per heavy atom. The fourth-order valence-corrected chi connectivity index (χ4v) is 4.73. The minimum atomic E-state index is -3.12. The molecule has 0 unspecified atom stereocenters. The topological polar surface area (TPSA) is 80.1 Å². The van der Waals surface area contributed by atoms with Crippen LogP contribution in [0.1, 0.15) is 25.7 Å². The molecule has 2 heterocycles. The summed E-state index contributed by atoms with van der Waals surface area (Å²) in [6.45, 7) is 0. The van der Waals surface area contributed by atoms with Gasteiger partial charge < -0.3 is 9.47 Å². The summed E-state index contributed by atoms with van der Waals surface area (Å²) in [5.41, 5.74) is 0.931. The first-order chi connectivity index (χ1) is 11.4. The number of nitrogens with one attached hydrogen (secondary N) is 1. The largest absolute Gasteiger partial charge is 0.356 e. The molecule has 0 atom stereocenters. The first-order valence-corrected chi connectivity index (χ1v) is 9.96. The zero-order chi connectivity index (χ0) is 17.3. The second-order valence-electron chi connectivity index (χ2n) is 6.63. The van der Waals surface area contributed by atoms with Crippen LogP contribution in [-0.4, -0.2) is 48.8 Å². The van der Waals surface area contributed by atoms with Crippen molar-refractivity contribution in [2.45, 2.75) is 31.7 Å². The molecular weight excluding hydrogens is 326 g/mol. The number of aromatic nitrogens is 3. The van der Waals surface area contributed by atoms with E-state index in [0.29, 0.717) is 6.04 Å². The van der Waals surface area contributed by atoms with Gasteiger partial charge in [0.25, 0.3) is 0 Å². The first-order valence-electron chi connectivity index (χ1n) is 8.31. The highest BCUT2D eigenvalue weighted by Crippen LogP contribution is 2.32. The van der Waals surface area contributed by atoms with Crippen molar-refractivity contribution in [3.05, 3.63) is 18.6 Å². The number of rotatable bonds is 5. The Labute approximate surface area is 143 Å². The van der Waals surface area contributed by atoms with Gasteiger partial charge in [-0.2, -0.15) is 0 Å². The van der Waals surface area contributed by atoms with Gasteiger partial charge in [-0.05, 0) is 44.7 Å². The third-order valence-electron chi connectivity index (χ3n) is 5.10. The molecule has 1 aliphatic rings. The molecule has 7 nitrogen and oxygen atoms in total. The molecule has 2 aromatic rings. The van der Waals surface area contributed by atoms with Crippen molar-refractivity contribution in [3.63, 3.8) is 0 Å². The van der Waals surface area contributed by atoms with Crippen LogP contribution in [-0.2, 0) is 17.1 Å². The number of sulfonamides is 1. The van der Waals surface area contributed by atoms with Crippen LogP contribution in [0.15, 0.2) is 18.6 Å². The maximum atomic E-state index is 11.7. The van der Waals surface area contributed by atoms with E-state index in [1.807, 2.05) is 23.9 Å². The number of anilines is 1. The fourth-order valence-electron chi connectivity index (χ4n) is 3.61. The lowest BCUT2D eigenvalue weighted by atomic mass is 9.86. The van der Waals surface area contributed by atoms with Crippen LogP contribution >= 0.6 is 0 Å². The number of nitrogens with zero attached hydrogens (tertiary/aromatic N) is 4. The smallest absolute Gasteiger partial charge is 0.211 e. The summed E-state index contributed by atoms with van der Waals surface area (Å²) >= 11 is 0. The summed E-state index contributed by atoms with van der Waals surface area (Å²) in [6.07, 6.45) is 7.44. The van der Waals surface area contributed by atoms with E-state index < -0.39 is 10.0 Å². The van der Waals surface area contributed by atoms with Crippen LogP contribution in [0.5, 0.6) is 0 Å². The molecular formula is C16H25N5O2S. The maximum absolute atomic E-state index is 11.7. The average Bonchev–Trinajstić information content (AvgIpc) is 2.96. The van der Waals surface area contributed by atoms with E-state index in [-0.39, 0.29) is 11.7 Å². The van der Waals surface area contributed by atoms with Crippen molar-refractivity contribution in [1.29, 1.82) is 0 Å². The molecule has 0 bridgehead atoms. The lowest BCUT2D eigenvalue weighted by Crippen LogP contribution is -2.37. The molecule has 2 aromatic heterocycles. The monoisotopic (exact) mass is 351 g/mol. The summed E-state index contributed by atoms with van der Waals surface area (Å²) in [7, 11) is 2.41. The second kappa shape index (κ2) is 6.68. The normalized spacial score (nSPS) is 22.0. The molecule has 1 saturated carbocycles. The molecule has 0 amide bonds. The quantitative estimate of drug-likeness (QED) is 0.883. The summed E-state index contributed by atoms with van der Waals surface area (Å²) in [6, 6.07) is 2.43. The highest BCUT2D eigenvalue weighted by Gasteiger charge is 2.28. The Morgan fingerprint density at radius 2 is 2.00 bits per heavy atom. The standard InChI is InChI=1S/C16H25N5O2S/c1-17-24(22,23)10-12-4-6-13(7-5-12)21(3)16-14-8-9-20(2)15(14)18-11-19-16/h8-9,11-13,17H,4-7,10H2,1-3H3. The Morgan fingerprint density at radius 3 is 2.67 bits per heavy atom. The molecule has 1 N–H and O–H groups in total. The first kappa shape index (κ1) is 17.2. The Hall–Kier alpha value is -1.67. The van der Waals surface area contributed by atoms with Crippen molar-refractivity contribution < 1.29 is 8.42 Å². The van der Waals surface area contributed by atoms with Gasteiger partial charge in [-0.15, -0.1) is 0 Å². The van der Waals surface area contributed by atoms with Crippen LogP contribution in [0.4, 0.5) is 5.82 Å². The van der Waals surface area contributed by atoms with Crippen molar-refractivity contribution in [2.75, 3.05) is 24.7 Å². The SMILES string of the molecule is CNS(=O)(=O)CC1CCC(N(C)c2ncnc3c2ccn3C)CC1. The Kier molecular flexibility index (Phi) is 4.78. The average molecular weight is 351 g/mol. The van der Waals surface area contributed by atoms with Crippen LogP contribution in [0.2, 0.25) is 0 Å². The van der Waals surface area contributed by atoms with Crippen LogP contribution < -0.4 is 9.62 Å². The molecule has 1 aliphatic carbocycles. The van der Waals surface area contributed by atoms with Gasteiger partial charge in [-0.1, -0.05) is 0 Å². The Balaban J connectivity index is 1.70. The highest BCUT2D eigenvalue weighted by atomic mass is 32.2. The van der Waals surface area contributed by atoms with Gasteiger partial charge >= 0.3 is 0 Å². The lowest BCUT2D eigenvalue weighted by molar-refractivity contribution is 0.340. The maximum Gasteiger partial charge on any atom is 0.211 e. The van der Waals surface area contributed by atoms with Gasteiger partial charge in [0.1, 0.15) is 17.8 Å². The molecule has 24 heavy (non-hydrogen) atoms. The predicted molar refractivity (Wildman–Crippen MR) is 95.5 cm³/mol. The number of hydrogen-bond acceptors (Lipinski definition) is 5. The minimum absolute atomic E-state index is 0.233. The van der Waals surface area contributed by atoms with E-state index in [1.165, 1.54) is 7.05 Å². The highest BCUT2D eigenvalue weighted by molar-refractivity contribution is 7.89. The van der Waals surface area contributed by atoms with Gasteiger partial charge in [0.15, 0.2) is 0 Å². The van der Waals surface area contributed by atoms with E-state index >= 15 is 0 Å². The van der Waals surface area contributed by atoms with Crippen LogP contribution in [0.3, 0.4) is 0 Å². The van der Waals surface area contributed by atoms with Crippen LogP contribution in [0.25, 0.3) is 11.0 Å². The second-order valence-corrected chi connectivity index (χ2v) is 8.60. The molecule has 0 spiro atoms. The summed E-state index contributed by atoms with van der Waals surface area (Å²) < 4.78 is 27.8. The lowest BCUT2D eigenvalue weighted by Gasteiger charge is -2.35. The molecule has 3 rings (SSSR count). The van der Waals surface area contributed by atoms with Gasteiger partial charge in [0, 0.05) is 26.3 Å². The molecule has 0 saturated heterocycles. The molecule has 1 fully saturated rings. The van der Waals surface area contributed by atoms with E-state index in [9.17, 15) is 8.42 Å². The Bertz CT molecular complexity index is 809. The number of fused-ring (bicyclic) bond motifs is 1. The zero-order valence-corrected chi connectivity index (χ0v) is 15.3. The van der Waals surface area contributed by atoms with E-state index in [0.717, 1.165) is 42.5 Å². The minimum Gasteiger partial charge on any atom is -0.356 e. The van der Waals surface area contributed by atoms with Gasteiger partial charge in [-0.25, -0.2) is 23.1 Å². The van der Waals surface area contributed by atoms with Gasteiger partial charge in [0.2, 0.25) is 10.0 Å². The van der Waals surface area contributed by atoms with Crippen LogP contribution in [0, 0.1) is 5.92 Å². The van der Waals surface area contributed by atoms with Gasteiger partial charge in [0.05, 0.1) is 11.1 Å². The zero-order valence-electron chi connectivity index (χ0n) is 14.4. The van der Waals surface area contributed by atoms with E-state index in [1.54, 1.807) is 6.33 Å². The molecule has 8 heteroatoms. The summed E-state index contributed by atoms with van der Waals surface area (Å²) in [5, 5.41) is 1.06. The van der Waals surface area contributed by atoms with E-state index in [2.05, 4.69) is 26.6 Å². The number of hydrogen-bond donors (Lipinski definition) is 1. The molecule has 0 aromatic carbocycles. The third-order valence-corrected chi connectivity index (χ3v) is 6.64. The predicted octanol–water partition coefficient (Wildman–Crippen LogP) is 1.51. The summed E-state index contributed by atoms with van der Waals surface area (Å²) in [5.74, 6) is 1.43. The van der Waals surface area contributed by atoms with Crippen molar-refractivity contribution in [2.24, 2.45) is 13.0 Å². The van der Waals surface area contributed by atoms with Crippen molar-refractivity contribution >= 4 is 26.9 Å². The molecule has 0 radical (unpaired) electrons. The van der Waals surface area contributed by atoms with Gasteiger partial charge in [-0.3, -0.25) is 0 Å². The van der Waals surface area contributed by atoms with E-state index in [4.69, 9.17) is 0 Å². The fraction of sp³-hybridized carbons (Fsp3) is 0.625. The van der Waals surface area contributed by atoms with Crippen molar-refractivity contribution in [1.82, 2.24) is 19.3 Å². The van der Waals surface area contributed by atoms with Crippen molar-refractivity contribution in [3.8, 4) is 0 Å².